The largest absolute Gasteiger partial charge is 0.485 e. The van der Waals surface area contributed by atoms with Gasteiger partial charge >= 0.3 is 0 Å². The van der Waals surface area contributed by atoms with Gasteiger partial charge in [0.1, 0.15) is 12.2 Å². The Hall–Kier alpha value is -1.23. The Morgan fingerprint density at radius 1 is 1.17 bits per heavy atom. The molecule has 0 radical (unpaired) electrons. The highest BCUT2D eigenvalue weighted by Gasteiger charge is 2.43. The molecule has 1 N–H and O–H groups in total. The van der Waals surface area contributed by atoms with Crippen LogP contribution in [0.5, 0.6) is 11.5 Å². The monoisotopic (exact) mass is 409 g/mol. The van der Waals surface area contributed by atoms with Crippen LogP contribution in [0.4, 0.5) is 0 Å². The van der Waals surface area contributed by atoms with E-state index in [0.29, 0.717) is 17.5 Å². The van der Waals surface area contributed by atoms with Crippen LogP contribution < -0.4 is 14.8 Å². The lowest BCUT2D eigenvalue weighted by atomic mass is 9.84. The summed E-state index contributed by atoms with van der Waals surface area (Å²) in [4.78, 5) is 0. The van der Waals surface area contributed by atoms with Crippen molar-refractivity contribution in [3.8, 4) is 11.5 Å². The second-order valence-electron chi connectivity index (χ2n) is 6.43. The normalized spacial score (nSPS) is 15.9. The van der Waals surface area contributed by atoms with E-state index in [1.165, 1.54) is 0 Å². The number of rotatable bonds is 6. The van der Waals surface area contributed by atoms with E-state index < -0.39 is 0 Å². The molecule has 0 unspecified atom stereocenters. The fraction of sp³-hybridized carbons (Fsp3) is 0.368. The average Bonchev–Trinajstić information content (AvgIpc) is 2.49. The summed E-state index contributed by atoms with van der Waals surface area (Å²) in [7, 11) is 0. The van der Waals surface area contributed by atoms with Gasteiger partial charge in [-0.25, -0.2) is 0 Å². The molecule has 0 aromatic heterocycles. The first kappa shape index (κ1) is 17.6. The van der Waals surface area contributed by atoms with Gasteiger partial charge in [0.25, 0.3) is 0 Å². The Balaban J connectivity index is 1.78. The Morgan fingerprint density at radius 2 is 1.96 bits per heavy atom. The topological polar surface area (TPSA) is 30.5 Å². The minimum atomic E-state index is -0.172. The van der Waals surface area contributed by atoms with Crippen molar-refractivity contribution in [2.75, 3.05) is 13.1 Å². The molecular formula is C19H21BrClNO2. The lowest BCUT2D eigenvalue weighted by Crippen LogP contribution is -2.66. The van der Waals surface area contributed by atoms with E-state index in [1.807, 2.05) is 42.5 Å². The molecule has 1 heterocycles. The van der Waals surface area contributed by atoms with Crippen LogP contribution in [0.25, 0.3) is 0 Å². The molecule has 0 amide bonds. The molecule has 0 atom stereocenters. The van der Waals surface area contributed by atoms with Gasteiger partial charge in [0, 0.05) is 22.6 Å². The summed E-state index contributed by atoms with van der Waals surface area (Å²) < 4.78 is 13.4. The van der Waals surface area contributed by atoms with Gasteiger partial charge in [0.05, 0.1) is 0 Å². The van der Waals surface area contributed by atoms with Gasteiger partial charge in [0.15, 0.2) is 11.5 Å². The van der Waals surface area contributed by atoms with Gasteiger partial charge in [-0.15, -0.1) is 0 Å². The van der Waals surface area contributed by atoms with E-state index in [-0.39, 0.29) is 5.60 Å². The molecule has 2 aromatic rings. The van der Waals surface area contributed by atoms with Crippen molar-refractivity contribution in [1.82, 2.24) is 5.32 Å². The molecule has 1 saturated heterocycles. The van der Waals surface area contributed by atoms with Crippen LogP contribution in [0.3, 0.4) is 0 Å². The van der Waals surface area contributed by atoms with Gasteiger partial charge in [-0.2, -0.15) is 0 Å². The minimum absolute atomic E-state index is 0.172. The maximum Gasteiger partial charge on any atom is 0.163 e. The molecule has 1 fully saturated rings. The minimum Gasteiger partial charge on any atom is -0.485 e. The zero-order valence-electron chi connectivity index (χ0n) is 13.8. The van der Waals surface area contributed by atoms with Crippen LogP contribution in [-0.2, 0) is 6.61 Å². The van der Waals surface area contributed by atoms with E-state index in [0.717, 1.165) is 34.6 Å². The van der Waals surface area contributed by atoms with Crippen molar-refractivity contribution >= 4 is 27.5 Å². The summed E-state index contributed by atoms with van der Waals surface area (Å²) in [6.07, 6.45) is 0. The van der Waals surface area contributed by atoms with Gasteiger partial charge in [0.2, 0.25) is 0 Å². The van der Waals surface area contributed by atoms with Crippen molar-refractivity contribution in [2.24, 2.45) is 5.92 Å². The van der Waals surface area contributed by atoms with Crippen LogP contribution in [0.15, 0.2) is 46.9 Å². The third kappa shape index (κ3) is 3.88. The number of hydrogen-bond donors (Lipinski definition) is 1. The summed E-state index contributed by atoms with van der Waals surface area (Å²) >= 11 is 9.55. The fourth-order valence-corrected chi connectivity index (χ4v) is 3.21. The fourth-order valence-electron chi connectivity index (χ4n) is 2.66. The van der Waals surface area contributed by atoms with Crippen LogP contribution in [0, 0.1) is 5.92 Å². The van der Waals surface area contributed by atoms with Crippen LogP contribution in [0.1, 0.15) is 19.4 Å². The number of benzene rings is 2. The van der Waals surface area contributed by atoms with Crippen molar-refractivity contribution in [3.05, 3.63) is 57.5 Å². The predicted molar refractivity (Wildman–Crippen MR) is 101 cm³/mol. The maximum absolute atomic E-state index is 6.38. The smallest absolute Gasteiger partial charge is 0.163 e. The lowest BCUT2D eigenvalue weighted by molar-refractivity contribution is -0.0271. The van der Waals surface area contributed by atoms with Crippen LogP contribution in [-0.4, -0.2) is 18.7 Å². The van der Waals surface area contributed by atoms with E-state index in [1.54, 1.807) is 0 Å². The first-order valence-corrected chi connectivity index (χ1v) is 9.22. The molecule has 0 bridgehead atoms. The average molecular weight is 411 g/mol. The van der Waals surface area contributed by atoms with Gasteiger partial charge in [-0.1, -0.05) is 53.5 Å². The summed E-state index contributed by atoms with van der Waals surface area (Å²) in [5, 5.41) is 4.02. The molecule has 128 valence electrons. The second kappa shape index (κ2) is 7.34. The third-order valence-electron chi connectivity index (χ3n) is 4.40. The molecule has 5 heteroatoms. The Labute approximate surface area is 156 Å². The standard InChI is InChI=1S/C19H21BrClNO2/c1-13(2)19(11-22-12-19)24-18-9-15(20)6-7-17(18)23-10-14-4-3-5-16(21)8-14/h3-9,13,22H,10-12H2,1-2H3. The molecule has 0 aliphatic carbocycles. The first-order valence-electron chi connectivity index (χ1n) is 8.05. The molecule has 3 rings (SSSR count). The lowest BCUT2D eigenvalue weighted by Gasteiger charge is -2.45. The number of halogens is 2. The van der Waals surface area contributed by atoms with Crippen molar-refractivity contribution in [2.45, 2.75) is 26.1 Å². The molecule has 0 spiro atoms. The third-order valence-corrected chi connectivity index (χ3v) is 5.13. The highest BCUT2D eigenvalue weighted by molar-refractivity contribution is 9.10. The molecular weight excluding hydrogens is 390 g/mol. The SMILES string of the molecule is CC(C)C1(Oc2cc(Br)ccc2OCc2cccc(Cl)c2)CNC1. The van der Waals surface area contributed by atoms with Gasteiger partial charge in [-0.3, -0.25) is 0 Å². The quantitative estimate of drug-likeness (QED) is 0.722. The zero-order chi connectivity index (χ0) is 17.2. The van der Waals surface area contributed by atoms with Gasteiger partial charge in [-0.05, 0) is 41.8 Å². The Bertz CT molecular complexity index is 716. The van der Waals surface area contributed by atoms with E-state index in [9.17, 15) is 0 Å². The van der Waals surface area contributed by atoms with E-state index >= 15 is 0 Å². The molecule has 24 heavy (non-hydrogen) atoms. The zero-order valence-corrected chi connectivity index (χ0v) is 16.2. The molecule has 1 aliphatic heterocycles. The van der Waals surface area contributed by atoms with Gasteiger partial charge < -0.3 is 14.8 Å². The van der Waals surface area contributed by atoms with E-state index in [4.69, 9.17) is 21.1 Å². The van der Waals surface area contributed by atoms with Crippen molar-refractivity contribution in [1.29, 1.82) is 0 Å². The summed E-state index contributed by atoms with van der Waals surface area (Å²) in [6.45, 7) is 6.53. The molecule has 0 saturated carbocycles. The summed E-state index contributed by atoms with van der Waals surface area (Å²) in [6, 6.07) is 13.5. The number of ether oxygens (including phenoxy) is 2. The highest BCUT2D eigenvalue weighted by atomic mass is 79.9. The molecule has 3 nitrogen and oxygen atoms in total. The van der Waals surface area contributed by atoms with E-state index in [2.05, 4.69) is 35.1 Å². The molecule has 2 aromatic carbocycles. The van der Waals surface area contributed by atoms with Crippen LogP contribution >= 0.6 is 27.5 Å². The van der Waals surface area contributed by atoms with Crippen molar-refractivity contribution in [3.63, 3.8) is 0 Å². The van der Waals surface area contributed by atoms with Crippen molar-refractivity contribution < 1.29 is 9.47 Å². The summed E-state index contributed by atoms with van der Waals surface area (Å²) in [5.41, 5.74) is 0.856. The first-order chi connectivity index (χ1) is 11.5. The maximum atomic E-state index is 6.38. The molecule has 1 aliphatic rings. The predicted octanol–water partition coefficient (Wildman–Crippen LogP) is 5.06. The highest BCUT2D eigenvalue weighted by Crippen LogP contribution is 2.37. The number of nitrogens with one attached hydrogen (secondary N) is 1. The Morgan fingerprint density at radius 3 is 2.58 bits per heavy atom. The van der Waals surface area contributed by atoms with Crippen LogP contribution in [0.2, 0.25) is 5.02 Å². The summed E-state index contributed by atoms with van der Waals surface area (Å²) in [5.74, 6) is 1.92. The number of hydrogen-bond acceptors (Lipinski definition) is 3. The second-order valence-corrected chi connectivity index (χ2v) is 7.79. The Kier molecular flexibility index (Phi) is 5.38.